The first kappa shape index (κ1) is 12.4. The van der Waals surface area contributed by atoms with Gasteiger partial charge in [0.1, 0.15) is 0 Å². The molecule has 1 heterocycles. The molecule has 1 saturated heterocycles. The Balaban J connectivity index is 0. The molecule has 0 spiro atoms. The van der Waals surface area contributed by atoms with Crippen molar-refractivity contribution in [1.29, 1.82) is 10.8 Å². The van der Waals surface area contributed by atoms with E-state index in [1.54, 1.807) is 0 Å². The monoisotopic (exact) mass is 157 g/mol. The number of nitrogens with one attached hydrogen (secondary N) is 3. The van der Waals surface area contributed by atoms with E-state index in [1.807, 2.05) is 0 Å². The zero-order chi connectivity index (χ0) is 8.95. The van der Waals surface area contributed by atoms with E-state index >= 15 is 0 Å². The van der Waals surface area contributed by atoms with Crippen LogP contribution < -0.4 is 5.32 Å². The van der Waals surface area contributed by atoms with Crippen molar-refractivity contribution in [3.05, 3.63) is 0 Å². The standard InChI is InChI=1S/C4H9N.2CHNO/c1-2-4-5-3-1;2*2-1-3/h5H,1-4H2;2*2H. The number of hydrogen-bond donors (Lipinski definition) is 3. The summed E-state index contributed by atoms with van der Waals surface area (Å²) in [6.45, 7) is 2.50. The molecular formula is C6H11N3O2. The molecule has 62 valence electrons. The van der Waals surface area contributed by atoms with Gasteiger partial charge in [0.15, 0.2) is 0 Å². The summed E-state index contributed by atoms with van der Waals surface area (Å²) in [5.41, 5.74) is 0. The lowest BCUT2D eigenvalue weighted by Gasteiger charge is -1.76. The van der Waals surface area contributed by atoms with Crippen LogP contribution >= 0.6 is 0 Å². The Kier molecular flexibility index (Phi) is 17.9. The van der Waals surface area contributed by atoms with Crippen molar-refractivity contribution in [2.24, 2.45) is 0 Å². The van der Waals surface area contributed by atoms with Crippen LogP contribution in [0, 0.1) is 10.8 Å². The molecule has 1 rings (SSSR count). The number of hydrogen-bond acceptors (Lipinski definition) is 5. The van der Waals surface area contributed by atoms with Crippen molar-refractivity contribution in [2.75, 3.05) is 13.1 Å². The highest BCUT2D eigenvalue weighted by Gasteiger charge is 1.93. The number of isocyanates is 2. The van der Waals surface area contributed by atoms with Crippen molar-refractivity contribution in [3.63, 3.8) is 0 Å². The third-order valence-corrected chi connectivity index (χ3v) is 0.957. The van der Waals surface area contributed by atoms with Crippen molar-refractivity contribution in [2.45, 2.75) is 12.8 Å². The van der Waals surface area contributed by atoms with E-state index in [0.717, 1.165) is 12.2 Å². The second-order valence-corrected chi connectivity index (χ2v) is 1.66. The molecule has 0 unspecified atom stereocenters. The third kappa shape index (κ3) is 28.5. The minimum Gasteiger partial charge on any atom is -0.317 e. The maximum absolute atomic E-state index is 8.35. The molecule has 0 aliphatic carbocycles. The topological polar surface area (TPSA) is 93.9 Å². The molecule has 11 heavy (non-hydrogen) atoms. The van der Waals surface area contributed by atoms with Gasteiger partial charge in [0, 0.05) is 0 Å². The Morgan fingerprint density at radius 3 is 1.36 bits per heavy atom. The normalized spacial score (nSPS) is 12.4. The molecular weight excluding hydrogens is 146 g/mol. The van der Waals surface area contributed by atoms with Crippen LogP contribution in [0.1, 0.15) is 12.8 Å². The molecule has 1 fully saturated rings. The van der Waals surface area contributed by atoms with E-state index in [0.29, 0.717) is 0 Å². The van der Waals surface area contributed by atoms with Crippen molar-refractivity contribution < 1.29 is 9.59 Å². The fourth-order valence-electron chi connectivity index (χ4n) is 0.625. The second-order valence-electron chi connectivity index (χ2n) is 1.66. The predicted molar refractivity (Wildman–Crippen MR) is 38.9 cm³/mol. The quantitative estimate of drug-likeness (QED) is 0.345. The summed E-state index contributed by atoms with van der Waals surface area (Å²) >= 11 is 0. The largest absolute Gasteiger partial charge is 0.317 e. The van der Waals surface area contributed by atoms with Gasteiger partial charge in [-0.3, -0.25) is 0 Å². The van der Waals surface area contributed by atoms with E-state index in [4.69, 9.17) is 20.4 Å². The van der Waals surface area contributed by atoms with Crippen LogP contribution in [0.5, 0.6) is 0 Å². The smallest absolute Gasteiger partial charge is 0.231 e. The van der Waals surface area contributed by atoms with Gasteiger partial charge in [0.2, 0.25) is 12.2 Å². The molecule has 0 aromatic rings. The highest BCUT2D eigenvalue weighted by Crippen LogP contribution is 1.90. The summed E-state index contributed by atoms with van der Waals surface area (Å²) < 4.78 is 0. The second kappa shape index (κ2) is 15.9. The van der Waals surface area contributed by atoms with Gasteiger partial charge >= 0.3 is 0 Å². The fourth-order valence-corrected chi connectivity index (χ4v) is 0.625. The molecule has 0 atom stereocenters. The van der Waals surface area contributed by atoms with Crippen LogP contribution in [-0.2, 0) is 9.59 Å². The Morgan fingerprint density at radius 2 is 1.27 bits per heavy atom. The summed E-state index contributed by atoms with van der Waals surface area (Å²) in [6, 6.07) is 0. The average Bonchev–Trinajstić information content (AvgIpc) is 2.44. The van der Waals surface area contributed by atoms with E-state index in [1.165, 1.54) is 25.9 Å². The van der Waals surface area contributed by atoms with Crippen molar-refractivity contribution >= 4 is 12.2 Å². The molecule has 5 heteroatoms. The first-order chi connectivity index (χ1) is 5.33. The van der Waals surface area contributed by atoms with Gasteiger partial charge < -0.3 is 5.32 Å². The summed E-state index contributed by atoms with van der Waals surface area (Å²) in [5.74, 6) is 0. The summed E-state index contributed by atoms with van der Waals surface area (Å²) in [4.78, 5) is 16.7. The van der Waals surface area contributed by atoms with Crippen molar-refractivity contribution in [3.8, 4) is 0 Å². The van der Waals surface area contributed by atoms with Crippen LogP contribution in [0.3, 0.4) is 0 Å². The Hall–Kier alpha value is -1.28. The first-order valence-corrected chi connectivity index (χ1v) is 3.12. The lowest BCUT2D eigenvalue weighted by Crippen LogP contribution is -2.03. The molecule has 5 nitrogen and oxygen atoms in total. The van der Waals surface area contributed by atoms with Crippen LogP contribution in [-0.4, -0.2) is 25.2 Å². The van der Waals surface area contributed by atoms with Gasteiger partial charge in [0.25, 0.3) is 0 Å². The van der Waals surface area contributed by atoms with Gasteiger partial charge in [-0.25, -0.2) is 20.4 Å². The predicted octanol–water partition coefficient (Wildman–Crippen LogP) is 0.172. The van der Waals surface area contributed by atoms with Crippen LogP contribution in [0.25, 0.3) is 0 Å². The van der Waals surface area contributed by atoms with E-state index in [9.17, 15) is 0 Å². The zero-order valence-electron chi connectivity index (χ0n) is 6.14. The fraction of sp³-hybridized carbons (Fsp3) is 0.667. The van der Waals surface area contributed by atoms with Gasteiger partial charge in [-0.05, 0) is 25.9 Å². The highest BCUT2D eigenvalue weighted by atomic mass is 16.1. The minimum absolute atomic E-state index is 0.750. The molecule has 1 aliphatic heterocycles. The van der Waals surface area contributed by atoms with Gasteiger partial charge in [-0.15, -0.1) is 0 Å². The minimum atomic E-state index is 0.750. The molecule has 0 radical (unpaired) electrons. The number of rotatable bonds is 0. The van der Waals surface area contributed by atoms with E-state index in [2.05, 4.69) is 5.32 Å². The van der Waals surface area contributed by atoms with Crippen molar-refractivity contribution in [1.82, 2.24) is 5.32 Å². The highest BCUT2D eigenvalue weighted by molar-refractivity contribution is 5.26. The molecule has 3 N–H and O–H groups in total. The number of carbonyl (C=O) groups excluding carboxylic acids is 2. The van der Waals surface area contributed by atoms with Gasteiger partial charge in [-0.2, -0.15) is 0 Å². The summed E-state index contributed by atoms with van der Waals surface area (Å²) in [6.07, 6.45) is 4.28. The molecule has 1 aliphatic rings. The van der Waals surface area contributed by atoms with Gasteiger partial charge in [0.05, 0.1) is 0 Å². The van der Waals surface area contributed by atoms with Crippen LogP contribution in [0.4, 0.5) is 0 Å². The van der Waals surface area contributed by atoms with Gasteiger partial charge in [-0.1, -0.05) is 0 Å². The maximum atomic E-state index is 8.35. The Labute approximate surface area is 64.8 Å². The van der Waals surface area contributed by atoms with E-state index in [-0.39, 0.29) is 0 Å². The Bertz CT molecular complexity index is 111. The Morgan fingerprint density at radius 1 is 1.00 bits per heavy atom. The van der Waals surface area contributed by atoms with Crippen LogP contribution in [0.15, 0.2) is 0 Å². The molecule has 0 aromatic carbocycles. The SMILES string of the molecule is C1CCNC1.N=C=O.N=C=O. The molecule has 0 saturated carbocycles. The van der Waals surface area contributed by atoms with Crippen LogP contribution in [0.2, 0.25) is 0 Å². The molecule has 0 amide bonds. The first-order valence-electron chi connectivity index (χ1n) is 3.12. The maximum Gasteiger partial charge on any atom is 0.231 e. The summed E-state index contributed by atoms with van der Waals surface area (Å²) in [5, 5.41) is 14.0. The summed E-state index contributed by atoms with van der Waals surface area (Å²) in [7, 11) is 0. The lowest BCUT2D eigenvalue weighted by atomic mass is 10.4. The molecule has 0 aromatic heterocycles. The average molecular weight is 157 g/mol. The zero-order valence-corrected chi connectivity index (χ0v) is 6.14. The lowest BCUT2D eigenvalue weighted by molar-refractivity contribution is 0.562. The van der Waals surface area contributed by atoms with E-state index < -0.39 is 0 Å². The molecule has 0 bridgehead atoms. The third-order valence-electron chi connectivity index (χ3n) is 0.957.